The number of rotatable bonds is 9. The van der Waals surface area contributed by atoms with E-state index in [2.05, 4.69) is 15.6 Å². The molecule has 1 saturated heterocycles. The molecule has 0 unspecified atom stereocenters. The number of nitrogens with one attached hydrogen (secondary N) is 3. The molecule has 0 spiro atoms. The van der Waals surface area contributed by atoms with Crippen LogP contribution in [0.15, 0.2) is 36.5 Å². The number of allylic oxidation sites excluding steroid dienone is 1. The smallest absolute Gasteiger partial charge is 0.408 e. The van der Waals surface area contributed by atoms with Gasteiger partial charge in [0.2, 0.25) is 27.7 Å². The second-order valence-corrected chi connectivity index (χ2v) is 19.6. The summed E-state index contributed by atoms with van der Waals surface area (Å²) in [5.74, 6) is -6.00. The van der Waals surface area contributed by atoms with E-state index in [1.54, 1.807) is 31.2 Å². The lowest BCUT2D eigenvalue weighted by Gasteiger charge is -2.35. The van der Waals surface area contributed by atoms with E-state index < -0.39 is 92.3 Å². The van der Waals surface area contributed by atoms with Gasteiger partial charge in [-0.3, -0.25) is 19.1 Å². The number of carbonyl (C=O) groups excluding carboxylic acids is 4. The van der Waals surface area contributed by atoms with Crippen LogP contribution in [0.3, 0.4) is 0 Å². The number of nitrogens with zero attached hydrogens (tertiary/aromatic N) is 2. The van der Waals surface area contributed by atoms with E-state index in [0.717, 1.165) is 13.8 Å². The van der Waals surface area contributed by atoms with Crippen LogP contribution >= 0.6 is 0 Å². The minimum absolute atomic E-state index is 0.0186. The summed E-state index contributed by atoms with van der Waals surface area (Å²) in [5, 5.41) is 6.51. The number of amides is 4. The normalized spacial score (nSPS) is 29.8. The number of ether oxygens (including phenoxy) is 4. The van der Waals surface area contributed by atoms with Crippen LogP contribution in [-0.4, -0.2) is 109 Å². The van der Waals surface area contributed by atoms with Gasteiger partial charge in [0.25, 0.3) is 11.8 Å². The average Bonchev–Trinajstić information content (AvgIpc) is 4.09. The summed E-state index contributed by atoms with van der Waals surface area (Å²) in [6.07, 6.45) is 4.52. The summed E-state index contributed by atoms with van der Waals surface area (Å²) in [4.78, 5) is 62.4. The third kappa shape index (κ3) is 8.29. The highest BCUT2D eigenvalue weighted by atomic mass is 32.2. The first-order chi connectivity index (χ1) is 28.2. The quantitative estimate of drug-likeness (QED) is 0.296. The molecule has 4 amide bonds. The lowest BCUT2D eigenvalue weighted by atomic mass is 9.88. The van der Waals surface area contributed by atoms with Crippen molar-refractivity contribution in [2.24, 2.45) is 17.8 Å². The monoisotopic (exact) mass is 863 g/mol. The zero-order chi connectivity index (χ0) is 43.4. The molecule has 2 aliphatic carbocycles. The van der Waals surface area contributed by atoms with E-state index in [4.69, 9.17) is 18.9 Å². The molecule has 2 saturated carbocycles. The van der Waals surface area contributed by atoms with Crippen LogP contribution in [0.25, 0.3) is 10.8 Å². The number of alkyl halides is 3. The summed E-state index contributed by atoms with van der Waals surface area (Å²) in [6, 6.07) is 2.52. The Hall–Kier alpha value is -4.81. The number of alkyl carbamates (subject to hydrolysis) is 1. The van der Waals surface area contributed by atoms with Crippen molar-refractivity contribution >= 4 is 44.6 Å². The van der Waals surface area contributed by atoms with Crippen molar-refractivity contribution in [3.8, 4) is 17.4 Å². The number of hydrogen-bond acceptors (Lipinski definition) is 11. The lowest BCUT2D eigenvalue weighted by molar-refractivity contribution is -0.152. The van der Waals surface area contributed by atoms with Crippen molar-refractivity contribution in [2.45, 2.75) is 120 Å². The second-order valence-electron chi connectivity index (χ2n) is 17.5. The Morgan fingerprint density at radius 1 is 1.07 bits per heavy atom. The molecule has 2 aromatic rings. The van der Waals surface area contributed by atoms with Crippen LogP contribution in [0.5, 0.6) is 17.4 Å². The molecule has 15 nitrogen and oxygen atoms in total. The number of hydrogen-bond donors (Lipinski definition) is 3. The first-order valence-corrected chi connectivity index (χ1v) is 21.8. The van der Waals surface area contributed by atoms with Crippen molar-refractivity contribution in [3.05, 3.63) is 36.5 Å². The van der Waals surface area contributed by atoms with Crippen molar-refractivity contribution in [1.29, 1.82) is 0 Å². The molecule has 7 rings (SSSR count). The minimum atomic E-state index is -4.45. The Kier molecular flexibility index (Phi) is 11.5. The fourth-order valence-electron chi connectivity index (χ4n) is 8.22. The lowest BCUT2D eigenvalue weighted by Crippen LogP contribution is -2.60. The third-order valence-electron chi connectivity index (χ3n) is 12.6. The zero-order valence-corrected chi connectivity index (χ0v) is 35.0. The van der Waals surface area contributed by atoms with Gasteiger partial charge < -0.3 is 34.5 Å². The van der Waals surface area contributed by atoms with Crippen molar-refractivity contribution in [2.75, 3.05) is 26.4 Å². The van der Waals surface area contributed by atoms with Gasteiger partial charge in [-0.05, 0) is 82.4 Å². The van der Waals surface area contributed by atoms with Crippen LogP contribution in [-0.2, 0) is 29.1 Å². The molecule has 0 bridgehead atoms. The Labute approximate surface area is 346 Å². The van der Waals surface area contributed by atoms with Gasteiger partial charge in [-0.2, -0.15) is 0 Å². The third-order valence-corrected chi connectivity index (χ3v) is 14.7. The van der Waals surface area contributed by atoms with Crippen LogP contribution in [0, 0.1) is 17.8 Å². The largest absolute Gasteiger partial charge is 0.486 e. The molecule has 0 radical (unpaired) electrons. The van der Waals surface area contributed by atoms with Gasteiger partial charge in [-0.25, -0.2) is 31.4 Å². The maximum atomic E-state index is 14.9. The fourth-order valence-corrected chi connectivity index (χ4v) is 9.64. The summed E-state index contributed by atoms with van der Waals surface area (Å²) < 4.78 is 92.7. The van der Waals surface area contributed by atoms with Gasteiger partial charge in [0, 0.05) is 36.2 Å². The highest BCUT2D eigenvalue weighted by Gasteiger charge is 2.64. The van der Waals surface area contributed by atoms with Gasteiger partial charge in [0.05, 0.1) is 6.54 Å². The Morgan fingerprint density at radius 2 is 1.80 bits per heavy atom. The highest BCUT2D eigenvalue weighted by molar-refractivity contribution is 7.91. The maximum Gasteiger partial charge on any atom is 0.408 e. The van der Waals surface area contributed by atoms with Gasteiger partial charge in [-0.15, -0.1) is 0 Å². The Morgan fingerprint density at radius 3 is 2.50 bits per heavy atom. The summed E-state index contributed by atoms with van der Waals surface area (Å²) in [5.41, 5.74) is -3.98. The summed E-state index contributed by atoms with van der Waals surface area (Å²) in [7, 11) is -4.45. The van der Waals surface area contributed by atoms with E-state index in [-0.39, 0.29) is 44.0 Å². The number of halogens is 3. The molecule has 7 atom stereocenters. The maximum absolute atomic E-state index is 14.9. The van der Waals surface area contributed by atoms with Gasteiger partial charge in [-0.1, -0.05) is 26.0 Å². The number of fused-ring (bicyclic) bond motifs is 5. The Balaban J connectivity index is 1.23. The van der Waals surface area contributed by atoms with Crippen LogP contribution in [0.4, 0.5) is 18.0 Å². The molecule has 328 valence electrons. The molecule has 5 aliphatic rings. The zero-order valence-electron chi connectivity index (χ0n) is 34.2. The molecule has 3 aliphatic heterocycles. The first-order valence-electron chi connectivity index (χ1n) is 20.3. The molecular weight excluding hydrogens is 812 g/mol. The fraction of sp³-hybridized carbons (Fsp3) is 0.634. The van der Waals surface area contributed by atoms with Crippen LogP contribution < -0.4 is 29.6 Å². The molecule has 3 fully saturated rings. The van der Waals surface area contributed by atoms with Gasteiger partial charge >= 0.3 is 6.09 Å². The van der Waals surface area contributed by atoms with Crippen molar-refractivity contribution in [3.63, 3.8) is 0 Å². The number of benzene rings is 1. The highest BCUT2D eigenvalue weighted by Crippen LogP contribution is 2.48. The topological polar surface area (TPSA) is 192 Å². The molecule has 60 heavy (non-hydrogen) atoms. The molecule has 1 aromatic carbocycles. The standard InChI is InChI=1S/C41H52F3N5O10S/c1-23-8-6-7-9-25-20-41(25,36(52)48-60(54,55)40(22-42)13-14-40)47-33(50)29-19-26(58-34-28-10-11-30-32(57-17-16-56-30)27(28)12-15-45-34)21-49(29)35(51)31(24(2)18-23)46-37(53)59-38(3,4)39(5,43)44/h7,9-12,15,23-26,29,31H,6,8,13-14,16-22H2,1-5H3,(H,46,53)(H,47,50)(H,48,52)/b9-7-/t23-,24-,25-,26-,29+,31+,41-/m1/s1. The number of pyridine rings is 1. The minimum Gasteiger partial charge on any atom is -0.486 e. The SMILES string of the molecule is C[C@@H]1CC/C=C\[C@@H]2C[C@@]2(C(=O)NS(=O)(=O)C2(CF)CC2)NC(=O)[C@@H]2C[C@@H](Oc3nccc4c5c(ccc34)OCCO5)CN2C(=O)[C@@H](NC(=O)OC(C)(C)C(C)(F)F)[C@H](C)C1. The number of carbonyl (C=O) groups is 4. The first kappa shape index (κ1) is 43.3. The van der Waals surface area contributed by atoms with Gasteiger partial charge in [0.1, 0.15) is 48.4 Å². The summed E-state index contributed by atoms with van der Waals surface area (Å²) >= 11 is 0. The van der Waals surface area contributed by atoms with Crippen molar-refractivity contribution in [1.82, 2.24) is 25.2 Å². The van der Waals surface area contributed by atoms with E-state index in [1.807, 2.05) is 17.7 Å². The van der Waals surface area contributed by atoms with E-state index in [9.17, 15) is 40.8 Å². The van der Waals surface area contributed by atoms with Crippen LogP contribution in [0.2, 0.25) is 0 Å². The van der Waals surface area contributed by atoms with E-state index >= 15 is 0 Å². The molecule has 1 aromatic heterocycles. The molecule has 19 heteroatoms. The summed E-state index contributed by atoms with van der Waals surface area (Å²) in [6.45, 7) is 5.73. The number of aromatic nitrogens is 1. The van der Waals surface area contributed by atoms with Crippen molar-refractivity contribution < 1.29 is 59.7 Å². The van der Waals surface area contributed by atoms with E-state index in [1.165, 1.54) is 11.1 Å². The molecule has 4 heterocycles. The predicted molar refractivity (Wildman–Crippen MR) is 211 cm³/mol. The van der Waals surface area contributed by atoms with Gasteiger partial charge in [0.15, 0.2) is 17.1 Å². The Bertz CT molecular complexity index is 2180. The predicted octanol–water partition coefficient (Wildman–Crippen LogP) is 4.72. The second kappa shape index (κ2) is 15.9. The van der Waals surface area contributed by atoms with Crippen LogP contribution in [0.1, 0.15) is 79.6 Å². The average molecular weight is 864 g/mol. The molecule has 3 N–H and O–H groups in total. The number of sulfonamides is 1. The van der Waals surface area contributed by atoms with E-state index in [0.29, 0.717) is 61.7 Å². The molecular formula is C41H52F3N5O10S.